The highest BCUT2D eigenvalue weighted by Crippen LogP contribution is 2.47. The summed E-state index contributed by atoms with van der Waals surface area (Å²) in [6, 6.07) is 5.49. The minimum absolute atomic E-state index is 0.206. The number of hydrogen-bond donors (Lipinski definition) is 2. The smallest absolute Gasteiger partial charge is 0.173 e. The number of H-pyrrole nitrogens is 1. The van der Waals surface area contributed by atoms with Gasteiger partial charge < -0.3 is 9.55 Å². The highest BCUT2D eigenvalue weighted by atomic mass is 35.5. The molecule has 2 heterocycles. The van der Waals surface area contributed by atoms with Crippen molar-refractivity contribution in [1.29, 1.82) is 5.41 Å². The van der Waals surface area contributed by atoms with Gasteiger partial charge in [-0.25, -0.2) is 9.97 Å². The maximum absolute atomic E-state index is 8.22. The molecule has 144 valence electrons. The van der Waals surface area contributed by atoms with E-state index in [0.717, 1.165) is 23.0 Å². The lowest BCUT2D eigenvalue weighted by Crippen LogP contribution is -2.15. The normalized spacial score (nSPS) is 24.0. The SMILES string of the molecule is CC1CC2=CC(c3nc4c([nH]3)c(=N)ncn4Cc3c(Cl)cccc3Cl)C(C2)C1. The molecule has 2 N–H and O–H groups in total. The maximum Gasteiger partial charge on any atom is 0.173 e. The Hall–Kier alpha value is -2.11. The molecule has 0 radical (unpaired) electrons. The van der Waals surface area contributed by atoms with E-state index in [1.807, 2.05) is 22.8 Å². The van der Waals surface area contributed by atoms with Crippen molar-refractivity contribution in [2.75, 3.05) is 0 Å². The summed E-state index contributed by atoms with van der Waals surface area (Å²) in [6.07, 6.45) is 7.63. The number of nitrogens with one attached hydrogen (secondary N) is 2. The lowest BCUT2D eigenvalue weighted by atomic mass is 9.80. The van der Waals surface area contributed by atoms with Gasteiger partial charge in [0.1, 0.15) is 11.3 Å². The summed E-state index contributed by atoms with van der Waals surface area (Å²) in [6.45, 7) is 2.78. The first-order valence-corrected chi connectivity index (χ1v) is 10.4. The van der Waals surface area contributed by atoms with Gasteiger partial charge in [-0.05, 0) is 43.2 Å². The molecule has 0 amide bonds. The fourth-order valence-corrected chi connectivity index (χ4v) is 5.30. The van der Waals surface area contributed by atoms with Crippen LogP contribution < -0.4 is 5.49 Å². The zero-order valence-electron chi connectivity index (χ0n) is 15.5. The van der Waals surface area contributed by atoms with Crippen LogP contribution in [0.1, 0.15) is 43.5 Å². The van der Waals surface area contributed by atoms with Gasteiger partial charge in [-0.1, -0.05) is 47.8 Å². The third-order valence-corrected chi connectivity index (χ3v) is 6.72. The Morgan fingerprint density at radius 3 is 2.82 bits per heavy atom. The maximum atomic E-state index is 8.22. The van der Waals surface area contributed by atoms with Crippen LogP contribution in [0.15, 0.2) is 36.2 Å². The predicted molar refractivity (Wildman–Crippen MR) is 111 cm³/mol. The number of fused-ring (bicyclic) bond motifs is 3. The monoisotopic (exact) mass is 413 g/mol. The second kappa shape index (κ2) is 6.75. The fourth-order valence-electron chi connectivity index (χ4n) is 4.78. The number of aromatic nitrogens is 4. The average molecular weight is 414 g/mol. The van der Waals surface area contributed by atoms with Crippen LogP contribution in [0.25, 0.3) is 11.2 Å². The van der Waals surface area contributed by atoms with Crippen LogP contribution in [0.2, 0.25) is 10.0 Å². The Kier molecular flexibility index (Phi) is 4.33. The molecule has 1 aromatic carbocycles. The topological polar surface area (TPSA) is 70.3 Å². The van der Waals surface area contributed by atoms with Crippen molar-refractivity contribution < 1.29 is 0 Å². The van der Waals surface area contributed by atoms with Crippen LogP contribution in [0.5, 0.6) is 0 Å². The van der Waals surface area contributed by atoms with Gasteiger partial charge >= 0.3 is 0 Å². The highest BCUT2D eigenvalue weighted by molar-refractivity contribution is 6.36. The zero-order valence-corrected chi connectivity index (χ0v) is 17.1. The molecule has 5 nitrogen and oxygen atoms in total. The number of allylic oxidation sites excluding steroid dienone is 2. The molecule has 3 aromatic rings. The molecule has 0 spiro atoms. The molecule has 3 atom stereocenters. The van der Waals surface area contributed by atoms with E-state index < -0.39 is 0 Å². The number of aromatic amines is 1. The molecule has 1 fully saturated rings. The molecular weight excluding hydrogens is 393 g/mol. The highest BCUT2D eigenvalue weighted by Gasteiger charge is 2.36. The molecule has 0 aliphatic heterocycles. The summed E-state index contributed by atoms with van der Waals surface area (Å²) in [7, 11) is 0. The molecule has 0 saturated heterocycles. The van der Waals surface area contributed by atoms with Crippen LogP contribution in [0, 0.1) is 17.2 Å². The van der Waals surface area contributed by atoms with E-state index in [-0.39, 0.29) is 5.49 Å². The Morgan fingerprint density at radius 2 is 2.04 bits per heavy atom. The van der Waals surface area contributed by atoms with E-state index in [1.54, 1.807) is 11.9 Å². The Morgan fingerprint density at radius 1 is 1.25 bits per heavy atom. The van der Waals surface area contributed by atoms with Gasteiger partial charge in [-0.15, -0.1) is 0 Å². The summed E-state index contributed by atoms with van der Waals surface area (Å²) >= 11 is 12.7. The van der Waals surface area contributed by atoms with Crippen molar-refractivity contribution in [2.45, 2.75) is 38.6 Å². The van der Waals surface area contributed by atoms with Gasteiger partial charge in [0.15, 0.2) is 11.1 Å². The molecule has 3 unspecified atom stereocenters. The summed E-state index contributed by atoms with van der Waals surface area (Å²) in [4.78, 5) is 12.5. The quantitative estimate of drug-likeness (QED) is 0.589. The van der Waals surface area contributed by atoms with Gasteiger partial charge in [-0.2, -0.15) is 0 Å². The summed E-state index contributed by atoms with van der Waals surface area (Å²) in [5, 5.41) is 9.45. The van der Waals surface area contributed by atoms with Crippen molar-refractivity contribution >= 4 is 34.4 Å². The molecule has 7 heteroatoms. The average Bonchev–Trinajstić information content (AvgIpc) is 3.22. The molecule has 1 saturated carbocycles. The van der Waals surface area contributed by atoms with Crippen LogP contribution in [-0.2, 0) is 6.54 Å². The third kappa shape index (κ3) is 2.97. The fraction of sp³-hybridized carbons (Fsp3) is 0.381. The number of imidazole rings is 1. The van der Waals surface area contributed by atoms with E-state index in [0.29, 0.717) is 33.9 Å². The van der Waals surface area contributed by atoms with Crippen molar-refractivity contribution in [2.24, 2.45) is 11.8 Å². The largest absolute Gasteiger partial charge is 0.337 e. The van der Waals surface area contributed by atoms with Crippen LogP contribution >= 0.6 is 23.2 Å². The number of benzene rings is 1. The third-order valence-electron chi connectivity index (χ3n) is 6.01. The molecule has 2 aliphatic rings. The Bertz CT molecular complexity index is 1140. The van der Waals surface area contributed by atoms with Gasteiger partial charge in [0.25, 0.3) is 0 Å². The van der Waals surface area contributed by atoms with Gasteiger partial charge in [-0.3, -0.25) is 5.41 Å². The summed E-state index contributed by atoms with van der Waals surface area (Å²) in [5.74, 6) is 2.57. The van der Waals surface area contributed by atoms with Crippen molar-refractivity contribution in [3.8, 4) is 0 Å². The van der Waals surface area contributed by atoms with E-state index >= 15 is 0 Å². The van der Waals surface area contributed by atoms with Crippen molar-refractivity contribution in [3.05, 3.63) is 63.1 Å². The zero-order chi connectivity index (χ0) is 19.4. The molecule has 2 aliphatic carbocycles. The van der Waals surface area contributed by atoms with Crippen molar-refractivity contribution in [1.82, 2.24) is 19.5 Å². The number of rotatable bonds is 3. The Labute approximate surface area is 172 Å². The minimum atomic E-state index is 0.206. The van der Waals surface area contributed by atoms with Gasteiger partial charge in [0.2, 0.25) is 0 Å². The molecule has 2 aromatic heterocycles. The summed E-state index contributed by atoms with van der Waals surface area (Å²) in [5.41, 5.74) is 3.97. The lowest BCUT2D eigenvalue weighted by Gasteiger charge is -2.25. The Balaban J connectivity index is 1.58. The molecular formula is C21H21Cl2N5. The molecule has 2 bridgehead atoms. The first-order valence-electron chi connectivity index (χ1n) is 9.61. The van der Waals surface area contributed by atoms with Gasteiger partial charge in [0, 0.05) is 21.5 Å². The number of nitrogens with zero attached hydrogens (tertiary/aromatic N) is 3. The van der Waals surface area contributed by atoms with E-state index in [2.05, 4.69) is 23.0 Å². The van der Waals surface area contributed by atoms with Crippen molar-refractivity contribution in [3.63, 3.8) is 0 Å². The minimum Gasteiger partial charge on any atom is -0.337 e. The second-order valence-corrected chi connectivity index (χ2v) is 8.92. The second-order valence-electron chi connectivity index (χ2n) is 8.10. The molecule has 28 heavy (non-hydrogen) atoms. The van der Waals surface area contributed by atoms with Crippen LogP contribution in [0.4, 0.5) is 0 Å². The lowest BCUT2D eigenvalue weighted by molar-refractivity contribution is 0.338. The first-order chi connectivity index (χ1) is 13.5. The first kappa shape index (κ1) is 18.0. The standard InChI is InChI=1S/C21H21Cl2N5/c1-11-5-12-7-13(6-11)14(8-12)20-26-18-19(24)25-10-28(21(18)27-20)9-15-16(22)3-2-4-17(15)23/h2-4,8,10-11,13-14,24H,5-7,9H2,1H3,(H,26,27). The summed E-state index contributed by atoms with van der Waals surface area (Å²) < 4.78 is 1.91. The van der Waals surface area contributed by atoms with E-state index in [1.165, 1.54) is 19.3 Å². The van der Waals surface area contributed by atoms with Crippen LogP contribution in [0.3, 0.4) is 0 Å². The van der Waals surface area contributed by atoms with E-state index in [4.69, 9.17) is 33.6 Å². The predicted octanol–water partition coefficient (Wildman–Crippen LogP) is 5.05. The number of hydrogen-bond acceptors (Lipinski definition) is 3. The van der Waals surface area contributed by atoms with Gasteiger partial charge in [0.05, 0.1) is 12.9 Å². The molecule has 5 rings (SSSR count). The van der Waals surface area contributed by atoms with E-state index in [9.17, 15) is 0 Å². The number of halogens is 2. The van der Waals surface area contributed by atoms with Crippen LogP contribution in [-0.4, -0.2) is 19.5 Å².